The van der Waals surface area contributed by atoms with E-state index in [-0.39, 0.29) is 0 Å². The second kappa shape index (κ2) is 9.70. The molecule has 0 unspecified atom stereocenters. The fourth-order valence-electron chi connectivity index (χ4n) is 5.22. The van der Waals surface area contributed by atoms with Crippen LogP contribution in [0.2, 0.25) is 0 Å². The van der Waals surface area contributed by atoms with Crippen LogP contribution < -0.4 is 5.32 Å². The van der Waals surface area contributed by atoms with Gasteiger partial charge in [-0.1, -0.05) is 76.7 Å². The van der Waals surface area contributed by atoms with Gasteiger partial charge in [0.25, 0.3) is 0 Å². The van der Waals surface area contributed by atoms with Crippen LogP contribution in [-0.4, -0.2) is 15.0 Å². The smallest absolute Gasteiger partial charge is 0.109 e. The first-order chi connectivity index (χ1) is 18.8. The Kier molecular flexibility index (Phi) is 6.19. The maximum absolute atomic E-state index is 4.95. The van der Waals surface area contributed by atoms with Gasteiger partial charge in [0.05, 0.1) is 16.6 Å². The van der Waals surface area contributed by atoms with Gasteiger partial charge in [-0.2, -0.15) is 0 Å². The van der Waals surface area contributed by atoms with Gasteiger partial charge in [-0.05, 0) is 70.6 Å². The Morgan fingerprint density at radius 1 is 0.846 bits per heavy atom. The molecule has 0 saturated carbocycles. The van der Waals surface area contributed by atoms with Crippen molar-refractivity contribution in [2.75, 3.05) is 0 Å². The van der Waals surface area contributed by atoms with Crippen LogP contribution in [0.15, 0.2) is 91.3 Å². The number of nitrogens with zero attached hydrogens (tertiary/aromatic N) is 2. The summed E-state index contributed by atoms with van der Waals surface area (Å²) >= 11 is 0. The predicted molar refractivity (Wildman–Crippen MR) is 167 cm³/mol. The molecule has 0 aliphatic heterocycles. The number of rotatable bonds is 6. The highest BCUT2D eigenvalue weighted by Crippen LogP contribution is 2.36. The normalized spacial score (nSPS) is 12.4. The summed E-state index contributed by atoms with van der Waals surface area (Å²) in [6.07, 6.45) is 3.98. The molecule has 0 amide bonds. The van der Waals surface area contributed by atoms with Gasteiger partial charge in [0.15, 0.2) is 0 Å². The van der Waals surface area contributed by atoms with E-state index in [1.54, 1.807) is 0 Å². The van der Waals surface area contributed by atoms with E-state index in [4.69, 9.17) is 9.97 Å². The number of H-pyrrole nitrogens is 1. The van der Waals surface area contributed by atoms with Crippen LogP contribution in [0.25, 0.3) is 60.3 Å². The zero-order chi connectivity index (χ0) is 27.3. The molecule has 0 atom stereocenters. The number of benzene rings is 4. The number of allylic oxidation sites excluding steroid dienone is 2. The molecule has 2 aromatic heterocycles. The standard InChI is InChI=1S/C35H34N4/c1-7-31(37-22(6)20(2)3)27-13-12-23-17-24(10-11-25(23)18-27)26-14-15-28-30(19-26)32-29(9-8-16-36-32)34-33(28)38-35(39-34)21(4)5/h7-21,37H,6H2,1-5H3,(H,38,39)/b31-7-. The van der Waals surface area contributed by atoms with E-state index in [1.165, 1.54) is 21.9 Å². The van der Waals surface area contributed by atoms with Crippen LogP contribution in [0.4, 0.5) is 0 Å². The summed E-state index contributed by atoms with van der Waals surface area (Å²) in [4.78, 5) is 13.3. The van der Waals surface area contributed by atoms with Gasteiger partial charge in [0, 0.05) is 39.7 Å². The molecule has 6 aromatic rings. The fraction of sp³-hybridized carbons (Fsp3) is 0.200. The Bertz CT molecular complexity index is 1920. The number of hydrogen-bond donors (Lipinski definition) is 2. The summed E-state index contributed by atoms with van der Waals surface area (Å²) in [5.41, 5.74) is 8.69. The molecule has 194 valence electrons. The number of aromatic amines is 1. The van der Waals surface area contributed by atoms with Gasteiger partial charge in [-0.25, -0.2) is 4.98 Å². The molecular formula is C35H34N4. The van der Waals surface area contributed by atoms with E-state index in [0.29, 0.717) is 11.8 Å². The molecule has 0 bridgehead atoms. The second-order valence-corrected chi connectivity index (χ2v) is 10.9. The predicted octanol–water partition coefficient (Wildman–Crippen LogP) is 9.33. The van der Waals surface area contributed by atoms with Gasteiger partial charge in [-0.3, -0.25) is 4.98 Å². The first kappa shape index (κ1) is 24.9. The quantitative estimate of drug-likeness (QED) is 0.219. The van der Waals surface area contributed by atoms with Crippen LogP contribution in [-0.2, 0) is 0 Å². The lowest BCUT2D eigenvalue weighted by Gasteiger charge is -2.16. The zero-order valence-corrected chi connectivity index (χ0v) is 23.3. The van der Waals surface area contributed by atoms with E-state index in [9.17, 15) is 0 Å². The zero-order valence-electron chi connectivity index (χ0n) is 23.3. The van der Waals surface area contributed by atoms with Gasteiger partial charge in [0.1, 0.15) is 5.82 Å². The molecule has 6 rings (SSSR count). The number of nitrogens with one attached hydrogen (secondary N) is 2. The monoisotopic (exact) mass is 510 g/mol. The molecule has 0 spiro atoms. The SMILES string of the molecule is C=C(N/C(=C\C)c1ccc2cc(-c3ccc4c(c3)c3ncccc3c3nc(C(C)C)[nH]c43)ccc2c1)C(C)C. The minimum absolute atomic E-state index is 0.324. The molecule has 4 aromatic carbocycles. The average Bonchev–Trinajstić information content (AvgIpc) is 3.41. The Morgan fingerprint density at radius 3 is 2.36 bits per heavy atom. The van der Waals surface area contributed by atoms with Crippen molar-refractivity contribution in [3.05, 3.63) is 103 Å². The van der Waals surface area contributed by atoms with Gasteiger partial charge < -0.3 is 10.3 Å². The average molecular weight is 511 g/mol. The largest absolute Gasteiger partial charge is 0.359 e. The summed E-state index contributed by atoms with van der Waals surface area (Å²) in [6, 6.07) is 24.1. The number of imidazole rings is 1. The van der Waals surface area contributed by atoms with Crippen molar-refractivity contribution in [1.82, 2.24) is 20.3 Å². The number of fused-ring (bicyclic) bond motifs is 7. The summed E-state index contributed by atoms with van der Waals surface area (Å²) in [6.45, 7) is 14.9. The number of pyridine rings is 1. The molecule has 2 N–H and O–H groups in total. The summed E-state index contributed by atoms with van der Waals surface area (Å²) in [5.74, 6) is 1.70. The van der Waals surface area contributed by atoms with E-state index in [0.717, 1.165) is 55.5 Å². The van der Waals surface area contributed by atoms with Crippen molar-refractivity contribution >= 4 is 49.2 Å². The van der Waals surface area contributed by atoms with Crippen molar-refractivity contribution < 1.29 is 0 Å². The minimum atomic E-state index is 0.324. The highest BCUT2D eigenvalue weighted by molar-refractivity contribution is 6.22. The van der Waals surface area contributed by atoms with Crippen molar-refractivity contribution in [2.24, 2.45) is 5.92 Å². The summed E-state index contributed by atoms with van der Waals surface area (Å²) in [5, 5.41) is 9.28. The first-order valence-corrected chi connectivity index (χ1v) is 13.7. The summed E-state index contributed by atoms with van der Waals surface area (Å²) in [7, 11) is 0. The highest BCUT2D eigenvalue weighted by atomic mass is 14.9. The molecule has 0 aliphatic rings. The first-order valence-electron chi connectivity index (χ1n) is 13.7. The maximum atomic E-state index is 4.95. The number of hydrogen-bond acceptors (Lipinski definition) is 3. The molecule has 0 saturated heterocycles. The van der Waals surface area contributed by atoms with Crippen molar-refractivity contribution in [1.29, 1.82) is 0 Å². The summed E-state index contributed by atoms with van der Waals surface area (Å²) < 4.78 is 0. The molecule has 2 heterocycles. The van der Waals surface area contributed by atoms with Crippen molar-refractivity contribution in [2.45, 2.75) is 40.5 Å². The van der Waals surface area contributed by atoms with Crippen LogP contribution in [0.1, 0.15) is 51.9 Å². The second-order valence-electron chi connectivity index (χ2n) is 10.9. The van der Waals surface area contributed by atoms with Gasteiger partial charge in [0.2, 0.25) is 0 Å². The molecule has 0 aliphatic carbocycles. The molecular weight excluding hydrogens is 476 g/mol. The fourth-order valence-corrected chi connectivity index (χ4v) is 5.22. The van der Waals surface area contributed by atoms with E-state index in [1.807, 2.05) is 12.3 Å². The lowest BCUT2D eigenvalue weighted by Crippen LogP contribution is -2.14. The van der Waals surface area contributed by atoms with Crippen molar-refractivity contribution in [3.8, 4) is 11.1 Å². The maximum Gasteiger partial charge on any atom is 0.109 e. The lowest BCUT2D eigenvalue weighted by atomic mass is 9.96. The third kappa shape index (κ3) is 4.36. The molecule has 39 heavy (non-hydrogen) atoms. The van der Waals surface area contributed by atoms with Gasteiger partial charge in [-0.15, -0.1) is 0 Å². The minimum Gasteiger partial charge on any atom is -0.359 e. The number of aromatic nitrogens is 3. The van der Waals surface area contributed by atoms with Crippen molar-refractivity contribution in [3.63, 3.8) is 0 Å². The Hall–Kier alpha value is -4.44. The Balaban J connectivity index is 1.44. The van der Waals surface area contributed by atoms with Crippen LogP contribution >= 0.6 is 0 Å². The van der Waals surface area contributed by atoms with E-state index in [2.05, 4.69) is 118 Å². The Labute approximate surface area is 229 Å². The van der Waals surface area contributed by atoms with E-state index < -0.39 is 0 Å². The van der Waals surface area contributed by atoms with Gasteiger partial charge >= 0.3 is 0 Å². The van der Waals surface area contributed by atoms with Crippen LogP contribution in [0, 0.1) is 5.92 Å². The molecule has 4 nitrogen and oxygen atoms in total. The highest BCUT2D eigenvalue weighted by Gasteiger charge is 2.16. The third-order valence-corrected chi connectivity index (χ3v) is 7.64. The van der Waals surface area contributed by atoms with Crippen LogP contribution in [0.3, 0.4) is 0 Å². The molecule has 4 heteroatoms. The van der Waals surface area contributed by atoms with E-state index >= 15 is 0 Å². The molecule has 0 radical (unpaired) electrons. The topological polar surface area (TPSA) is 53.6 Å². The molecule has 0 fully saturated rings. The third-order valence-electron chi connectivity index (χ3n) is 7.64. The lowest BCUT2D eigenvalue weighted by molar-refractivity contribution is 0.724. The van der Waals surface area contributed by atoms with Crippen LogP contribution in [0.5, 0.6) is 0 Å². The Morgan fingerprint density at radius 2 is 1.59 bits per heavy atom.